The van der Waals surface area contributed by atoms with Crippen LogP contribution in [0.5, 0.6) is 0 Å². The molecular weight excluding hydrogens is 312 g/mol. The van der Waals surface area contributed by atoms with Crippen molar-refractivity contribution in [2.75, 3.05) is 11.9 Å². The Balaban J connectivity index is 0.00000192. The van der Waals surface area contributed by atoms with Crippen molar-refractivity contribution in [1.82, 2.24) is 15.1 Å². The Hall–Kier alpha value is -1.59. The normalized spacial score (nSPS) is 21.2. The van der Waals surface area contributed by atoms with Crippen molar-refractivity contribution in [3.05, 3.63) is 24.4 Å². The van der Waals surface area contributed by atoms with Gasteiger partial charge in [-0.2, -0.15) is 5.10 Å². The summed E-state index contributed by atoms with van der Waals surface area (Å²) >= 11 is 0. The van der Waals surface area contributed by atoms with Crippen molar-refractivity contribution in [2.45, 2.75) is 45.7 Å². The van der Waals surface area contributed by atoms with Crippen molar-refractivity contribution in [3.8, 4) is 0 Å². The van der Waals surface area contributed by atoms with Crippen LogP contribution in [0.4, 0.5) is 5.69 Å². The minimum atomic E-state index is 0. The molecule has 23 heavy (non-hydrogen) atoms. The van der Waals surface area contributed by atoms with Gasteiger partial charge in [0, 0.05) is 29.1 Å². The zero-order valence-electron chi connectivity index (χ0n) is 13.9. The molecule has 2 heterocycles. The first-order chi connectivity index (χ1) is 10.5. The van der Waals surface area contributed by atoms with Gasteiger partial charge in [-0.15, -0.1) is 12.4 Å². The predicted octanol–water partition coefficient (Wildman–Crippen LogP) is 3.37. The van der Waals surface area contributed by atoms with Gasteiger partial charge in [-0.25, -0.2) is 0 Å². The Morgan fingerprint density at radius 2 is 2.22 bits per heavy atom. The second-order valence-electron chi connectivity index (χ2n) is 6.52. The van der Waals surface area contributed by atoms with Gasteiger partial charge in [-0.3, -0.25) is 9.48 Å². The summed E-state index contributed by atoms with van der Waals surface area (Å²) in [7, 11) is 0. The number of hydrogen-bond donors (Lipinski definition) is 2. The quantitative estimate of drug-likeness (QED) is 0.903. The van der Waals surface area contributed by atoms with E-state index < -0.39 is 0 Å². The molecule has 1 aliphatic heterocycles. The Kier molecular flexibility index (Phi) is 5.65. The number of rotatable bonds is 3. The van der Waals surface area contributed by atoms with Gasteiger partial charge in [-0.05, 0) is 58.4 Å². The molecule has 0 saturated carbocycles. The molecule has 126 valence electrons. The molecule has 2 aromatic rings. The van der Waals surface area contributed by atoms with Crippen molar-refractivity contribution < 1.29 is 4.79 Å². The summed E-state index contributed by atoms with van der Waals surface area (Å²) in [6.45, 7) is 7.26. The van der Waals surface area contributed by atoms with Gasteiger partial charge in [0.25, 0.3) is 0 Å². The molecule has 0 unspecified atom stereocenters. The largest absolute Gasteiger partial charge is 0.326 e. The SMILES string of the molecule is CC(C)n1ncc2ccc(NC(=O)[C@H]3CCN[C@@H](C)C3)cc21.Cl. The third-order valence-electron chi connectivity index (χ3n) is 4.35. The summed E-state index contributed by atoms with van der Waals surface area (Å²) in [5, 5.41) is 12.0. The molecular formula is C17H25ClN4O. The van der Waals surface area contributed by atoms with Crippen molar-refractivity contribution in [3.63, 3.8) is 0 Å². The number of fused-ring (bicyclic) bond motifs is 1. The highest BCUT2D eigenvalue weighted by Gasteiger charge is 2.24. The minimum absolute atomic E-state index is 0. The maximum Gasteiger partial charge on any atom is 0.227 e. The minimum Gasteiger partial charge on any atom is -0.326 e. The average Bonchev–Trinajstić information content (AvgIpc) is 2.90. The maximum absolute atomic E-state index is 12.4. The Morgan fingerprint density at radius 3 is 2.91 bits per heavy atom. The molecule has 1 aromatic heterocycles. The second kappa shape index (κ2) is 7.32. The first-order valence-electron chi connectivity index (χ1n) is 8.06. The fourth-order valence-corrected chi connectivity index (χ4v) is 3.14. The number of anilines is 1. The predicted molar refractivity (Wildman–Crippen MR) is 96.2 cm³/mol. The molecule has 1 saturated heterocycles. The van der Waals surface area contributed by atoms with E-state index in [1.54, 1.807) is 0 Å². The number of aromatic nitrogens is 2. The zero-order chi connectivity index (χ0) is 15.7. The van der Waals surface area contributed by atoms with Gasteiger partial charge in [0.05, 0.1) is 11.7 Å². The van der Waals surface area contributed by atoms with E-state index in [9.17, 15) is 4.79 Å². The van der Waals surface area contributed by atoms with Gasteiger partial charge in [0.15, 0.2) is 0 Å². The molecule has 1 aromatic carbocycles. The molecule has 3 rings (SSSR count). The number of nitrogens with zero attached hydrogens (tertiary/aromatic N) is 2. The highest BCUT2D eigenvalue weighted by Crippen LogP contribution is 2.23. The van der Waals surface area contributed by atoms with E-state index in [1.807, 2.05) is 29.1 Å². The molecule has 1 fully saturated rings. The number of halogens is 1. The van der Waals surface area contributed by atoms with Gasteiger partial charge in [0.1, 0.15) is 0 Å². The van der Waals surface area contributed by atoms with Crippen LogP contribution in [-0.2, 0) is 4.79 Å². The van der Waals surface area contributed by atoms with Gasteiger partial charge >= 0.3 is 0 Å². The molecule has 2 N–H and O–H groups in total. The lowest BCUT2D eigenvalue weighted by Gasteiger charge is -2.27. The van der Waals surface area contributed by atoms with Crippen LogP contribution >= 0.6 is 12.4 Å². The summed E-state index contributed by atoms with van der Waals surface area (Å²) in [6, 6.07) is 6.70. The topological polar surface area (TPSA) is 59.0 Å². The summed E-state index contributed by atoms with van der Waals surface area (Å²) in [5.74, 6) is 0.227. The van der Waals surface area contributed by atoms with Crippen LogP contribution < -0.4 is 10.6 Å². The fourth-order valence-electron chi connectivity index (χ4n) is 3.14. The highest BCUT2D eigenvalue weighted by atomic mass is 35.5. The van der Waals surface area contributed by atoms with E-state index in [2.05, 4.69) is 36.5 Å². The van der Waals surface area contributed by atoms with E-state index >= 15 is 0 Å². The number of benzene rings is 1. The van der Waals surface area contributed by atoms with Crippen LogP contribution in [0.15, 0.2) is 24.4 Å². The van der Waals surface area contributed by atoms with Gasteiger partial charge in [-0.1, -0.05) is 0 Å². The summed E-state index contributed by atoms with van der Waals surface area (Å²) in [6.07, 6.45) is 3.68. The average molecular weight is 337 g/mol. The molecule has 0 radical (unpaired) electrons. The van der Waals surface area contributed by atoms with Crippen molar-refractivity contribution >= 4 is 34.9 Å². The third-order valence-corrected chi connectivity index (χ3v) is 4.35. The van der Waals surface area contributed by atoms with Crippen LogP contribution in [0.1, 0.15) is 39.7 Å². The number of carbonyl (C=O) groups excluding carboxylic acids is 1. The van der Waals surface area contributed by atoms with E-state index in [0.717, 1.165) is 36.0 Å². The lowest BCUT2D eigenvalue weighted by molar-refractivity contribution is -0.120. The molecule has 1 amide bonds. The first-order valence-corrected chi connectivity index (χ1v) is 8.06. The number of nitrogens with one attached hydrogen (secondary N) is 2. The number of amides is 1. The zero-order valence-corrected chi connectivity index (χ0v) is 14.7. The first kappa shape index (κ1) is 17.8. The Bertz CT molecular complexity index is 682. The molecule has 0 aliphatic carbocycles. The second-order valence-corrected chi connectivity index (χ2v) is 6.52. The molecule has 0 bridgehead atoms. The summed E-state index contributed by atoms with van der Waals surface area (Å²) in [5.41, 5.74) is 1.91. The lowest BCUT2D eigenvalue weighted by atomic mass is 9.92. The smallest absolute Gasteiger partial charge is 0.227 e. The van der Waals surface area contributed by atoms with E-state index in [-0.39, 0.29) is 24.2 Å². The van der Waals surface area contributed by atoms with Crippen molar-refractivity contribution in [2.24, 2.45) is 5.92 Å². The Labute approximate surface area is 143 Å². The number of carbonyl (C=O) groups is 1. The van der Waals surface area contributed by atoms with Crippen LogP contribution in [0.2, 0.25) is 0 Å². The monoisotopic (exact) mass is 336 g/mol. The molecule has 6 heteroatoms. The number of hydrogen-bond acceptors (Lipinski definition) is 3. The van der Waals surface area contributed by atoms with Crippen molar-refractivity contribution in [1.29, 1.82) is 0 Å². The highest BCUT2D eigenvalue weighted by molar-refractivity contribution is 5.95. The third kappa shape index (κ3) is 3.85. The summed E-state index contributed by atoms with van der Waals surface area (Å²) < 4.78 is 1.98. The van der Waals surface area contributed by atoms with E-state index in [4.69, 9.17) is 0 Å². The van der Waals surface area contributed by atoms with Crippen LogP contribution in [0.25, 0.3) is 10.9 Å². The lowest BCUT2D eigenvalue weighted by Crippen LogP contribution is -2.40. The molecule has 1 aliphatic rings. The molecule has 0 spiro atoms. The molecule has 5 nitrogen and oxygen atoms in total. The fraction of sp³-hybridized carbons (Fsp3) is 0.529. The standard InChI is InChI=1S/C17H24N4O.ClH/c1-11(2)21-16-9-15(5-4-14(16)10-19-21)20-17(22)13-6-7-18-12(3)8-13;/h4-5,9-13,18H,6-8H2,1-3H3,(H,20,22);1H/t12-,13-;/m0./s1. The Morgan fingerprint density at radius 1 is 1.43 bits per heavy atom. The van der Waals surface area contributed by atoms with E-state index in [0.29, 0.717) is 12.1 Å². The van der Waals surface area contributed by atoms with Crippen LogP contribution in [0.3, 0.4) is 0 Å². The van der Waals surface area contributed by atoms with Crippen LogP contribution in [0, 0.1) is 5.92 Å². The van der Waals surface area contributed by atoms with E-state index in [1.165, 1.54) is 0 Å². The maximum atomic E-state index is 12.4. The number of piperidine rings is 1. The molecule has 2 atom stereocenters. The van der Waals surface area contributed by atoms with Crippen LogP contribution in [-0.4, -0.2) is 28.3 Å². The summed E-state index contributed by atoms with van der Waals surface area (Å²) in [4.78, 5) is 12.4. The van der Waals surface area contributed by atoms with Gasteiger partial charge in [0.2, 0.25) is 5.91 Å². The van der Waals surface area contributed by atoms with Gasteiger partial charge < -0.3 is 10.6 Å².